The quantitative estimate of drug-likeness (QED) is 0.509. The van der Waals surface area contributed by atoms with Crippen LogP contribution in [0.25, 0.3) is 0 Å². The van der Waals surface area contributed by atoms with Crippen molar-refractivity contribution in [3.8, 4) is 0 Å². The van der Waals surface area contributed by atoms with E-state index in [-0.39, 0.29) is 5.54 Å². The van der Waals surface area contributed by atoms with Crippen molar-refractivity contribution < 1.29 is 0 Å². The maximum atomic E-state index is 4.59. The predicted molar refractivity (Wildman–Crippen MR) is 108 cm³/mol. The van der Waals surface area contributed by atoms with Crippen LogP contribution in [0.15, 0.2) is 17.4 Å². The SMILES string of the molecule is CN=C(NCC1(N(C)C)CCCCCC1)N1CCC(c2cnn(C)c2)C1. The Morgan fingerprint density at radius 1 is 1.31 bits per heavy atom. The van der Waals surface area contributed by atoms with Crippen LogP contribution < -0.4 is 5.32 Å². The highest BCUT2D eigenvalue weighted by Crippen LogP contribution is 2.31. The predicted octanol–water partition coefficient (Wildman–Crippen LogP) is 2.44. The second kappa shape index (κ2) is 8.42. The average molecular weight is 361 g/mol. The van der Waals surface area contributed by atoms with Crippen molar-refractivity contribution in [3.05, 3.63) is 18.0 Å². The minimum absolute atomic E-state index is 0.259. The third-order valence-corrected chi connectivity index (χ3v) is 6.45. The summed E-state index contributed by atoms with van der Waals surface area (Å²) in [6.45, 7) is 3.08. The van der Waals surface area contributed by atoms with Gasteiger partial charge in [-0.1, -0.05) is 25.7 Å². The molecule has 1 aliphatic carbocycles. The molecular weight excluding hydrogens is 324 g/mol. The lowest BCUT2D eigenvalue weighted by Gasteiger charge is -2.40. The van der Waals surface area contributed by atoms with Gasteiger partial charge in [-0.2, -0.15) is 5.10 Å². The van der Waals surface area contributed by atoms with Crippen LogP contribution in [0.2, 0.25) is 0 Å². The first kappa shape index (κ1) is 19.2. The van der Waals surface area contributed by atoms with Gasteiger partial charge in [-0.05, 0) is 38.9 Å². The first-order chi connectivity index (χ1) is 12.5. The fraction of sp³-hybridized carbons (Fsp3) is 0.800. The molecule has 1 aromatic heterocycles. The summed E-state index contributed by atoms with van der Waals surface area (Å²) in [5.74, 6) is 1.62. The van der Waals surface area contributed by atoms with Gasteiger partial charge in [-0.25, -0.2) is 0 Å². The Balaban J connectivity index is 1.60. The van der Waals surface area contributed by atoms with Crippen LogP contribution in [-0.2, 0) is 7.05 Å². The number of aromatic nitrogens is 2. The van der Waals surface area contributed by atoms with E-state index in [0.717, 1.165) is 25.6 Å². The lowest BCUT2D eigenvalue weighted by molar-refractivity contribution is 0.131. The summed E-state index contributed by atoms with van der Waals surface area (Å²) in [5.41, 5.74) is 1.61. The fourth-order valence-electron chi connectivity index (χ4n) is 4.62. The number of hydrogen-bond donors (Lipinski definition) is 1. The van der Waals surface area contributed by atoms with E-state index in [9.17, 15) is 0 Å². The summed E-state index contributed by atoms with van der Waals surface area (Å²) in [7, 11) is 8.38. The molecule has 0 bridgehead atoms. The molecular formula is C20H36N6. The zero-order valence-electron chi connectivity index (χ0n) is 17.0. The van der Waals surface area contributed by atoms with Crippen molar-refractivity contribution in [3.63, 3.8) is 0 Å². The van der Waals surface area contributed by atoms with E-state index in [4.69, 9.17) is 0 Å². The number of guanidine groups is 1. The summed E-state index contributed by atoms with van der Waals surface area (Å²) >= 11 is 0. The van der Waals surface area contributed by atoms with E-state index in [1.165, 1.54) is 50.5 Å². The highest BCUT2D eigenvalue weighted by Gasteiger charge is 2.34. The first-order valence-corrected chi connectivity index (χ1v) is 10.2. The highest BCUT2D eigenvalue weighted by molar-refractivity contribution is 5.80. The van der Waals surface area contributed by atoms with E-state index in [1.807, 2.05) is 25.0 Å². The van der Waals surface area contributed by atoms with Gasteiger partial charge in [0.05, 0.1) is 6.20 Å². The molecule has 1 N–H and O–H groups in total. The third-order valence-electron chi connectivity index (χ3n) is 6.45. The molecule has 0 aromatic carbocycles. The molecule has 3 rings (SSSR count). The first-order valence-electron chi connectivity index (χ1n) is 10.2. The van der Waals surface area contributed by atoms with Crippen molar-refractivity contribution in [2.24, 2.45) is 12.0 Å². The molecule has 1 unspecified atom stereocenters. The number of aryl methyl sites for hydroxylation is 1. The molecule has 1 aromatic rings. The van der Waals surface area contributed by atoms with Crippen LogP contribution in [0.5, 0.6) is 0 Å². The second-order valence-corrected chi connectivity index (χ2v) is 8.31. The molecule has 6 heteroatoms. The van der Waals surface area contributed by atoms with Gasteiger partial charge in [0.1, 0.15) is 0 Å². The Bertz CT molecular complexity index is 597. The third kappa shape index (κ3) is 4.22. The number of hydrogen-bond acceptors (Lipinski definition) is 3. The zero-order chi connectivity index (χ0) is 18.6. The minimum atomic E-state index is 0.259. The molecule has 1 atom stereocenters. The van der Waals surface area contributed by atoms with E-state index < -0.39 is 0 Å². The molecule has 2 heterocycles. The van der Waals surface area contributed by atoms with Gasteiger partial charge in [0, 0.05) is 51.4 Å². The number of nitrogens with one attached hydrogen (secondary N) is 1. The Morgan fingerprint density at radius 2 is 2.04 bits per heavy atom. The van der Waals surface area contributed by atoms with Crippen molar-refractivity contribution in [1.82, 2.24) is 24.9 Å². The molecule has 26 heavy (non-hydrogen) atoms. The van der Waals surface area contributed by atoms with E-state index >= 15 is 0 Å². The second-order valence-electron chi connectivity index (χ2n) is 8.31. The van der Waals surface area contributed by atoms with Crippen LogP contribution in [0.1, 0.15) is 56.4 Å². The van der Waals surface area contributed by atoms with Gasteiger partial charge in [0.15, 0.2) is 5.96 Å². The monoisotopic (exact) mass is 360 g/mol. The maximum absolute atomic E-state index is 4.59. The van der Waals surface area contributed by atoms with Crippen molar-refractivity contribution in [1.29, 1.82) is 0 Å². The highest BCUT2D eigenvalue weighted by atomic mass is 15.3. The van der Waals surface area contributed by atoms with Crippen LogP contribution in [0.3, 0.4) is 0 Å². The molecule has 1 aliphatic heterocycles. The van der Waals surface area contributed by atoms with Gasteiger partial charge in [0.25, 0.3) is 0 Å². The van der Waals surface area contributed by atoms with E-state index in [2.05, 4.69) is 45.5 Å². The smallest absolute Gasteiger partial charge is 0.193 e. The van der Waals surface area contributed by atoms with Crippen LogP contribution >= 0.6 is 0 Å². The van der Waals surface area contributed by atoms with Gasteiger partial charge in [-0.3, -0.25) is 9.67 Å². The Kier molecular flexibility index (Phi) is 6.22. The molecule has 146 valence electrons. The number of aliphatic imine (C=N–C) groups is 1. The van der Waals surface area contributed by atoms with Gasteiger partial charge in [-0.15, -0.1) is 0 Å². The van der Waals surface area contributed by atoms with Crippen LogP contribution in [-0.4, -0.2) is 71.9 Å². The fourth-order valence-corrected chi connectivity index (χ4v) is 4.62. The topological polar surface area (TPSA) is 48.7 Å². The van der Waals surface area contributed by atoms with E-state index in [1.54, 1.807) is 0 Å². The zero-order valence-corrected chi connectivity index (χ0v) is 17.0. The summed E-state index contributed by atoms with van der Waals surface area (Å²) in [6, 6.07) is 0. The molecule has 0 amide bonds. The lowest BCUT2D eigenvalue weighted by Crippen LogP contribution is -2.54. The van der Waals surface area contributed by atoms with Crippen molar-refractivity contribution in [2.75, 3.05) is 40.8 Å². The van der Waals surface area contributed by atoms with Crippen molar-refractivity contribution >= 4 is 5.96 Å². The summed E-state index contributed by atoms with van der Waals surface area (Å²) in [6.07, 6.45) is 13.3. The molecule has 1 saturated heterocycles. The maximum Gasteiger partial charge on any atom is 0.193 e. The van der Waals surface area contributed by atoms with Gasteiger partial charge < -0.3 is 15.1 Å². The largest absolute Gasteiger partial charge is 0.354 e. The molecule has 2 fully saturated rings. The standard InChI is InChI=1S/C20H36N6/c1-21-19(22-16-20(24(2)3)10-7-5-6-8-11-20)26-12-9-17(15-26)18-13-23-25(4)14-18/h13-14,17H,5-12,15-16H2,1-4H3,(H,21,22). The van der Waals surface area contributed by atoms with Crippen molar-refractivity contribution in [2.45, 2.75) is 56.4 Å². The molecule has 2 aliphatic rings. The number of likely N-dealkylation sites (N-methyl/N-ethyl adjacent to an activating group) is 1. The van der Waals surface area contributed by atoms with Crippen LogP contribution in [0.4, 0.5) is 0 Å². The number of likely N-dealkylation sites (tertiary alicyclic amines) is 1. The molecule has 6 nitrogen and oxygen atoms in total. The molecule has 0 spiro atoms. The van der Waals surface area contributed by atoms with Crippen LogP contribution in [0, 0.1) is 0 Å². The summed E-state index contributed by atoms with van der Waals surface area (Å²) < 4.78 is 1.90. The number of nitrogens with zero attached hydrogens (tertiary/aromatic N) is 5. The summed E-state index contributed by atoms with van der Waals surface area (Å²) in [5, 5.41) is 8.05. The lowest BCUT2D eigenvalue weighted by atomic mass is 9.88. The van der Waals surface area contributed by atoms with Gasteiger partial charge >= 0.3 is 0 Å². The van der Waals surface area contributed by atoms with Gasteiger partial charge in [0.2, 0.25) is 0 Å². The molecule has 0 radical (unpaired) electrons. The Hall–Kier alpha value is -1.56. The minimum Gasteiger partial charge on any atom is -0.354 e. The normalized spacial score (nSPS) is 24.1. The summed E-state index contributed by atoms with van der Waals surface area (Å²) in [4.78, 5) is 9.45. The Morgan fingerprint density at radius 3 is 2.62 bits per heavy atom. The average Bonchev–Trinajstić information content (AvgIpc) is 3.20. The Labute approximate surface area is 158 Å². The number of rotatable bonds is 4. The molecule has 1 saturated carbocycles. The van der Waals surface area contributed by atoms with E-state index in [0.29, 0.717) is 5.92 Å².